The van der Waals surface area contributed by atoms with Crippen molar-refractivity contribution >= 4 is 17.5 Å². The highest BCUT2D eigenvalue weighted by Crippen LogP contribution is 2.23. The molecule has 3 rings (SSSR count). The van der Waals surface area contributed by atoms with Crippen molar-refractivity contribution in [3.8, 4) is 0 Å². The van der Waals surface area contributed by atoms with Gasteiger partial charge in [-0.05, 0) is 57.4 Å². The zero-order valence-corrected chi connectivity index (χ0v) is 14.8. The number of rotatable bonds is 3. The quantitative estimate of drug-likeness (QED) is 0.910. The maximum absolute atomic E-state index is 13.0. The van der Waals surface area contributed by atoms with Crippen LogP contribution in [-0.4, -0.2) is 29.3 Å². The second-order valence-electron chi connectivity index (χ2n) is 6.71. The molecule has 1 fully saturated rings. The average molecular weight is 336 g/mol. The van der Waals surface area contributed by atoms with Crippen molar-refractivity contribution in [3.63, 3.8) is 0 Å². The second-order valence-corrected chi connectivity index (χ2v) is 6.71. The third-order valence-electron chi connectivity index (χ3n) is 4.78. The van der Waals surface area contributed by atoms with Crippen molar-refractivity contribution in [2.24, 2.45) is 0 Å². The van der Waals surface area contributed by atoms with Crippen LogP contribution in [0.15, 0.2) is 48.5 Å². The summed E-state index contributed by atoms with van der Waals surface area (Å²) in [7, 11) is 0. The molecule has 4 heteroatoms. The number of nitrogens with one attached hydrogen (secondary N) is 1. The van der Waals surface area contributed by atoms with Crippen LogP contribution in [0.2, 0.25) is 0 Å². The van der Waals surface area contributed by atoms with Gasteiger partial charge in [0.05, 0.1) is 11.3 Å². The largest absolute Gasteiger partial charge is 0.336 e. The number of anilines is 1. The Morgan fingerprint density at radius 2 is 1.76 bits per heavy atom. The molecule has 1 N–H and O–H groups in total. The fraction of sp³-hybridized carbons (Fsp3) is 0.333. The number of benzene rings is 2. The van der Waals surface area contributed by atoms with E-state index in [2.05, 4.69) is 12.2 Å². The van der Waals surface area contributed by atoms with Gasteiger partial charge in [-0.3, -0.25) is 9.59 Å². The van der Waals surface area contributed by atoms with Gasteiger partial charge in [-0.2, -0.15) is 0 Å². The summed E-state index contributed by atoms with van der Waals surface area (Å²) >= 11 is 0. The Hall–Kier alpha value is -2.62. The number of hydrogen-bond acceptors (Lipinski definition) is 2. The molecule has 0 saturated carbocycles. The zero-order valence-electron chi connectivity index (χ0n) is 14.8. The Morgan fingerprint density at radius 1 is 1.04 bits per heavy atom. The highest BCUT2D eigenvalue weighted by Gasteiger charge is 2.26. The minimum Gasteiger partial charge on any atom is -0.336 e. The standard InChI is InChI=1S/C21H24N2O2/c1-15-10-12-17(13-11-15)20(24)22-19-9-4-3-8-18(19)21(25)23-14-6-5-7-16(23)2/h3-4,8-13,16H,5-7,14H2,1-2H3,(H,22,24)/t16-/m0/s1. The maximum Gasteiger partial charge on any atom is 0.256 e. The van der Waals surface area contributed by atoms with Crippen LogP contribution in [0, 0.1) is 6.92 Å². The highest BCUT2D eigenvalue weighted by atomic mass is 16.2. The van der Waals surface area contributed by atoms with Crippen molar-refractivity contribution in [1.29, 1.82) is 0 Å². The molecular weight excluding hydrogens is 312 g/mol. The third kappa shape index (κ3) is 3.90. The topological polar surface area (TPSA) is 49.4 Å². The molecule has 25 heavy (non-hydrogen) atoms. The summed E-state index contributed by atoms with van der Waals surface area (Å²) in [5, 5.41) is 2.89. The van der Waals surface area contributed by atoms with Crippen LogP contribution >= 0.6 is 0 Å². The number of piperidine rings is 1. The SMILES string of the molecule is Cc1ccc(C(=O)Nc2ccccc2C(=O)N2CCCC[C@@H]2C)cc1. The number of carbonyl (C=O) groups is 2. The van der Waals surface area contributed by atoms with Gasteiger partial charge in [-0.15, -0.1) is 0 Å². The molecule has 0 aliphatic carbocycles. The number of aryl methyl sites for hydroxylation is 1. The Bertz CT molecular complexity index is 768. The minimum atomic E-state index is -0.202. The van der Waals surface area contributed by atoms with Gasteiger partial charge in [0.1, 0.15) is 0 Å². The molecule has 1 saturated heterocycles. The number of para-hydroxylation sites is 1. The van der Waals surface area contributed by atoms with E-state index in [0.29, 0.717) is 16.8 Å². The lowest BCUT2D eigenvalue weighted by Crippen LogP contribution is -2.42. The van der Waals surface area contributed by atoms with Gasteiger partial charge in [0.15, 0.2) is 0 Å². The van der Waals surface area contributed by atoms with Gasteiger partial charge >= 0.3 is 0 Å². The van der Waals surface area contributed by atoms with Crippen LogP contribution in [-0.2, 0) is 0 Å². The van der Waals surface area contributed by atoms with Gasteiger partial charge in [0.2, 0.25) is 0 Å². The minimum absolute atomic E-state index is 0.00740. The molecule has 0 bridgehead atoms. The molecule has 4 nitrogen and oxygen atoms in total. The summed E-state index contributed by atoms with van der Waals surface area (Å²) in [6.07, 6.45) is 3.23. The first-order chi connectivity index (χ1) is 12.1. The summed E-state index contributed by atoms with van der Waals surface area (Å²) in [6, 6.07) is 14.9. The summed E-state index contributed by atoms with van der Waals surface area (Å²) in [5.41, 5.74) is 2.80. The second kappa shape index (κ2) is 7.51. The summed E-state index contributed by atoms with van der Waals surface area (Å²) in [5.74, 6) is -0.209. The van der Waals surface area contributed by atoms with Crippen LogP contribution in [0.4, 0.5) is 5.69 Å². The van der Waals surface area contributed by atoms with E-state index in [1.165, 1.54) is 0 Å². The van der Waals surface area contributed by atoms with E-state index in [1.807, 2.05) is 36.1 Å². The number of hydrogen-bond donors (Lipinski definition) is 1. The first-order valence-electron chi connectivity index (χ1n) is 8.84. The Labute approximate surface area is 148 Å². The Balaban J connectivity index is 1.82. The van der Waals surface area contributed by atoms with Gasteiger partial charge < -0.3 is 10.2 Å². The first kappa shape index (κ1) is 17.2. The molecule has 0 unspecified atom stereocenters. The van der Waals surface area contributed by atoms with E-state index in [1.54, 1.807) is 24.3 Å². The third-order valence-corrected chi connectivity index (χ3v) is 4.78. The summed E-state index contributed by atoms with van der Waals surface area (Å²) in [4.78, 5) is 27.4. The summed E-state index contributed by atoms with van der Waals surface area (Å²) in [6.45, 7) is 4.85. The van der Waals surface area contributed by atoms with Crippen molar-refractivity contribution in [2.75, 3.05) is 11.9 Å². The van der Waals surface area contributed by atoms with Gasteiger partial charge in [-0.1, -0.05) is 29.8 Å². The molecule has 0 aromatic heterocycles. The molecule has 1 atom stereocenters. The molecule has 1 aliphatic heterocycles. The molecule has 1 heterocycles. The van der Waals surface area contributed by atoms with Crippen LogP contribution in [0.1, 0.15) is 52.5 Å². The fourth-order valence-corrected chi connectivity index (χ4v) is 3.23. The highest BCUT2D eigenvalue weighted by molar-refractivity contribution is 6.09. The molecule has 0 spiro atoms. The number of nitrogens with zero attached hydrogens (tertiary/aromatic N) is 1. The zero-order chi connectivity index (χ0) is 17.8. The van der Waals surface area contributed by atoms with E-state index in [-0.39, 0.29) is 17.9 Å². The van der Waals surface area contributed by atoms with Crippen molar-refractivity contribution in [3.05, 3.63) is 65.2 Å². The monoisotopic (exact) mass is 336 g/mol. The van der Waals surface area contributed by atoms with E-state index in [0.717, 1.165) is 31.4 Å². The van der Waals surface area contributed by atoms with Crippen molar-refractivity contribution in [1.82, 2.24) is 4.90 Å². The van der Waals surface area contributed by atoms with Gasteiger partial charge in [0.25, 0.3) is 11.8 Å². The van der Waals surface area contributed by atoms with E-state index < -0.39 is 0 Å². The molecule has 0 radical (unpaired) electrons. The average Bonchev–Trinajstić information content (AvgIpc) is 2.62. The predicted molar refractivity (Wildman–Crippen MR) is 99.9 cm³/mol. The van der Waals surface area contributed by atoms with Crippen molar-refractivity contribution < 1.29 is 9.59 Å². The van der Waals surface area contributed by atoms with Crippen LogP contribution in [0.3, 0.4) is 0 Å². The number of carbonyl (C=O) groups excluding carboxylic acids is 2. The molecule has 130 valence electrons. The Morgan fingerprint density at radius 3 is 2.48 bits per heavy atom. The number of likely N-dealkylation sites (tertiary alicyclic amines) is 1. The van der Waals surface area contributed by atoms with Crippen molar-refractivity contribution in [2.45, 2.75) is 39.2 Å². The first-order valence-corrected chi connectivity index (χ1v) is 8.84. The lowest BCUT2D eigenvalue weighted by Gasteiger charge is -2.33. The van der Waals surface area contributed by atoms with E-state index >= 15 is 0 Å². The smallest absolute Gasteiger partial charge is 0.256 e. The molecule has 1 aliphatic rings. The van der Waals surface area contributed by atoms with Gasteiger partial charge in [-0.25, -0.2) is 0 Å². The molecular formula is C21H24N2O2. The fourth-order valence-electron chi connectivity index (χ4n) is 3.23. The molecule has 2 aromatic rings. The Kier molecular flexibility index (Phi) is 5.17. The van der Waals surface area contributed by atoms with Crippen LogP contribution in [0.25, 0.3) is 0 Å². The van der Waals surface area contributed by atoms with Crippen LogP contribution < -0.4 is 5.32 Å². The number of amides is 2. The van der Waals surface area contributed by atoms with E-state index in [9.17, 15) is 9.59 Å². The molecule has 2 amide bonds. The normalized spacial score (nSPS) is 17.2. The maximum atomic E-state index is 13.0. The van der Waals surface area contributed by atoms with Gasteiger partial charge in [0, 0.05) is 18.2 Å². The lowest BCUT2D eigenvalue weighted by molar-refractivity contribution is 0.0636. The summed E-state index contributed by atoms with van der Waals surface area (Å²) < 4.78 is 0. The van der Waals surface area contributed by atoms with E-state index in [4.69, 9.17) is 0 Å². The lowest BCUT2D eigenvalue weighted by atomic mass is 10.0. The predicted octanol–water partition coefficient (Wildman–Crippen LogP) is 4.26. The molecule has 2 aromatic carbocycles. The van der Waals surface area contributed by atoms with Crippen LogP contribution in [0.5, 0.6) is 0 Å².